The standard InChI is InChI=1S/C10H11Cl2F/c1-10(2,3)7-4-6(13)5-8(11)9(7)12/h4-5H,1-3H3. The average molecular weight is 221 g/mol. The van der Waals surface area contributed by atoms with Crippen LogP contribution in [0.3, 0.4) is 0 Å². The van der Waals surface area contributed by atoms with E-state index in [9.17, 15) is 4.39 Å². The van der Waals surface area contributed by atoms with Crippen molar-refractivity contribution in [1.29, 1.82) is 0 Å². The predicted molar refractivity (Wildman–Crippen MR) is 55.1 cm³/mol. The molecule has 0 amide bonds. The molecule has 0 saturated carbocycles. The number of hydrogen-bond donors (Lipinski definition) is 0. The van der Waals surface area contributed by atoms with E-state index in [0.29, 0.717) is 5.02 Å². The van der Waals surface area contributed by atoms with Crippen molar-refractivity contribution in [2.75, 3.05) is 0 Å². The molecule has 0 bridgehead atoms. The van der Waals surface area contributed by atoms with Crippen LogP contribution in [0.1, 0.15) is 26.3 Å². The molecule has 0 atom stereocenters. The van der Waals surface area contributed by atoms with Crippen molar-refractivity contribution in [1.82, 2.24) is 0 Å². The summed E-state index contributed by atoms with van der Waals surface area (Å²) >= 11 is 11.7. The van der Waals surface area contributed by atoms with Gasteiger partial charge in [-0.2, -0.15) is 0 Å². The zero-order valence-electron chi connectivity index (χ0n) is 7.79. The third-order valence-electron chi connectivity index (χ3n) is 1.80. The maximum absolute atomic E-state index is 13.0. The van der Waals surface area contributed by atoms with Crippen LogP contribution in [-0.2, 0) is 5.41 Å². The van der Waals surface area contributed by atoms with Crippen molar-refractivity contribution in [3.05, 3.63) is 33.6 Å². The Morgan fingerprint density at radius 2 is 1.69 bits per heavy atom. The van der Waals surface area contributed by atoms with Crippen LogP contribution >= 0.6 is 23.2 Å². The summed E-state index contributed by atoms with van der Waals surface area (Å²) in [5.74, 6) is -0.348. The van der Waals surface area contributed by atoms with Gasteiger partial charge >= 0.3 is 0 Å². The van der Waals surface area contributed by atoms with E-state index in [1.807, 2.05) is 20.8 Å². The number of halogens is 3. The molecule has 3 heteroatoms. The maximum atomic E-state index is 13.0. The van der Waals surface area contributed by atoms with Crippen LogP contribution < -0.4 is 0 Å². The van der Waals surface area contributed by atoms with Crippen LogP contribution in [0.25, 0.3) is 0 Å². The van der Waals surface area contributed by atoms with Crippen LogP contribution in [0, 0.1) is 5.82 Å². The Kier molecular flexibility index (Phi) is 2.88. The fourth-order valence-corrected chi connectivity index (χ4v) is 1.70. The van der Waals surface area contributed by atoms with Gasteiger partial charge in [-0.05, 0) is 23.1 Å². The second kappa shape index (κ2) is 3.47. The first-order valence-corrected chi connectivity index (χ1v) is 4.73. The van der Waals surface area contributed by atoms with E-state index in [1.165, 1.54) is 12.1 Å². The van der Waals surface area contributed by atoms with Crippen LogP contribution in [0.2, 0.25) is 10.0 Å². The lowest BCUT2D eigenvalue weighted by molar-refractivity contribution is 0.572. The number of rotatable bonds is 0. The normalized spacial score (nSPS) is 11.8. The smallest absolute Gasteiger partial charge is 0.125 e. The molecule has 0 unspecified atom stereocenters. The van der Waals surface area contributed by atoms with E-state index in [0.717, 1.165) is 5.56 Å². The summed E-state index contributed by atoms with van der Waals surface area (Å²) < 4.78 is 13.0. The van der Waals surface area contributed by atoms with Crippen molar-refractivity contribution < 1.29 is 4.39 Å². The fraction of sp³-hybridized carbons (Fsp3) is 0.400. The van der Waals surface area contributed by atoms with E-state index in [-0.39, 0.29) is 16.3 Å². The molecule has 1 aromatic rings. The molecule has 0 heterocycles. The number of hydrogen-bond acceptors (Lipinski definition) is 0. The average Bonchev–Trinajstić information content (AvgIpc) is 1.94. The largest absolute Gasteiger partial charge is 0.207 e. The summed E-state index contributed by atoms with van der Waals surface area (Å²) in [6.45, 7) is 5.89. The van der Waals surface area contributed by atoms with Gasteiger partial charge < -0.3 is 0 Å². The van der Waals surface area contributed by atoms with Gasteiger partial charge in [0.2, 0.25) is 0 Å². The molecule has 0 fully saturated rings. The number of benzene rings is 1. The first kappa shape index (κ1) is 10.8. The second-order valence-electron chi connectivity index (χ2n) is 4.00. The summed E-state index contributed by atoms with van der Waals surface area (Å²) in [4.78, 5) is 0. The van der Waals surface area contributed by atoms with Crippen molar-refractivity contribution in [3.63, 3.8) is 0 Å². The Balaban J connectivity index is 3.37. The lowest BCUT2D eigenvalue weighted by Gasteiger charge is -2.21. The third-order valence-corrected chi connectivity index (χ3v) is 2.60. The molecular formula is C10H11Cl2F. The molecule has 13 heavy (non-hydrogen) atoms. The zero-order chi connectivity index (χ0) is 10.2. The Morgan fingerprint density at radius 3 is 2.15 bits per heavy atom. The summed E-state index contributed by atoms with van der Waals surface area (Å²) in [5, 5.41) is 0.710. The highest BCUT2D eigenvalue weighted by Crippen LogP contribution is 2.34. The van der Waals surface area contributed by atoms with E-state index in [4.69, 9.17) is 23.2 Å². The summed E-state index contributed by atoms with van der Waals surface area (Å²) in [7, 11) is 0. The van der Waals surface area contributed by atoms with Gasteiger partial charge in [0.05, 0.1) is 10.0 Å². The molecule has 0 spiro atoms. The Bertz CT molecular complexity index is 326. The Hall–Kier alpha value is -0.270. The third kappa shape index (κ3) is 2.35. The van der Waals surface area contributed by atoms with Gasteiger partial charge in [-0.1, -0.05) is 44.0 Å². The summed E-state index contributed by atoms with van der Waals surface area (Å²) in [6, 6.07) is 2.65. The molecular weight excluding hydrogens is 210 g/mol. The molecule has 0 aromatic heterocycles. The molecule has 0 aliphatic carbocycles. The molecule has 0 radical (unpaired) electrons. The maximum Gasteiger partial charge on any atom is 0.125 e. The fourth-order valence-electron chi connectivity index (χ4n) is 1.10. The monoisotopic (exact) mass is 220 g/mol. The predicted octanol–water partition coefficient (Wildman–Crippen LogP) is 4.43. The minimum atomic E-state index is -0.348. The highest BCUT2D eigenvalue weighted by atomic mass is 35.5. The summed E-state index contributed by atoms with van der Waals surface area (Å²) in [6.07, 6.45) is 0. The first-order chi connectivity index (χ1) is 5.82. The molecule has 1 rings (SSSR count). The molecule has 1 aromatic carbocycles. The molecule has 0 N–H and O–H groups in total. The van der Waals surface area contributed by atoms with E-state index in [1.54, 1.807) is 0 Å². The summed E-state index contributed by atoms with van der Waals surface area (Å²) in [5.41, 5.74) is 0.544. The van der Waals surface area contributed by atoms with Crippen LogP contribution in [0.15, 0.2) is 12.1 Å². The SMILES string of the molecule is CC(C)(C)c1cc(F)cc(Cl)c1Cl. The van der Waals surface area contributed by atoms with Gasteiger partial charge in [0.1, 0.15) is 5.82 Å². The highest BCUT2D eigenvalue weighted by molar-refractivity contribution is 6.42. The van der Waals surface area contributed by atoms with Crippen molar-refractivity contribution in [2.24, 2.45) is 0 Å². The second-order valence-corrected chi connectivity index (χ2v) is 4.78. The van der Waals surface area contributed by atoms with E-state index < -0.39 is 0 Å². The van der Waals surface area contributed by atoms with Crippen molar-refractivity contribution in [2.45, 2.75) is 26.2 Å². The molecule has 72 valence electrons. The molecule has 0 aliphatic heterocycles. The van der Waals surface area contributed by atoms with Gasteiger partial charge in [0.15, 0.2) is 0 Å². The van der Waals surface area contributed by atoms with E-state index >= 15 is 0 Å². The zero-order valence-corrected chi connectivity index (χ0v) is 9.30. The van der Waals surface area contributed by atoms with Crippen LogP contribution in [0.5, 0.6) is 0 Å². The Labute approximate surface area is 87.7 Å². The minimum absolute atomic E-state index is 0.192. The van der Waals surface area contributed by atoms with Gasteiger partial charge in [-0.15, -0.1) is 0 Å². The van der Waals surface area contributed by atoms with Gasteiger partial charge in [0.25, 0.3) is 0 Å². The lowest BCUT2D eigenvalue weighted by Crippen LogP contribution is -2.12. The van der Waals surface area contributed by atoms with Crippen LogP contribution in [-0.4, -0.2) is 0 Å². The van der Waals surface area contributed by atoms with Gasteiger partial charge in [-0.3, -0.25) is 0 Å². The molecule has 0 saturated heterocycles. The lowest BCUT2D eigenvalue weighted by atomic mass is 9.87. The quantitative estimate of drug-likeness (QED) is 0.568. The first-order valence-electron chi connectivity index (χ1n) is 3.97. The van der Waals surface area contributed by atoms with Crippen LogP contribution in [0.4, 0.5) is 4.39 Å². The van der Waals surface area contributed by atoms with Gasteiger partial charge in [-0.25, -0.2) is 4.39 Å². The molecule has 0 nitrogen and oxygen atoms in total. The highest BCUT2D eigenvalue weighted by Gasteiger charge is 2.19. The van der Waals surface area contributed by atoms with E-state index in [2.05, 4.69) is 0 Å². The van der Waals surface area contributed by atoms with Crippen molar-refractivity contribution in [3.8, 4) is 0 Å². The van der Waals surface area contributed by atoms with Gasteiger partial charge in [0, 0.05) is 0 Å². The topological polar surface area (TPSA) is 0 Å². The van der Waals surface area contributed by atoms with Crippen molar-refractivity contribution >= 4 is 23.2 Å². The Morgan fingerprint density at radius 1 is 1.15 bits per heavy atom. The molecule has 0 aliphatic rings. The minimum Gasteiger partial charge on any atom is -0.207 e.